The zero-order chi connectivity index (χ0) is 9.35. The summed E-state index contributed by atoms with van der Waals surface area (Å²) in [5.74, 6) is 1.42. The van der Waals surface area contributed by atoms with Gasteiger partial charge >= 0.3 is 0 Å². The zero-order valence-electron chi connectivity index (χ0n) is 8.68. The maximum Gasteiger partial charge on any atom is 0.136 e. The first-order valence-electron chi connectivity index (χ1n) is 4.94. The molecule has 12 heavy (non-hydrogen) atoms. The Balaban J connectivity index is 2.63. The van der Waals surface area contributed by atoms with Crippen LogP contribution in [0.3, 0.4) is 0 Å². The van der Waals surface area contributed by atoms with E-state index in [1.54, 1.807) is 0 Å². The van der Waals surface area contributed by atoms with Crippen LogP contribution in [-0.2, 0) is 4.79 Å². The summed E-state index contributed by atoms with van der Waals surface area (Å²) in [6.45, 7) is 8.69. The van der Waals surface area contributed by atoms with Gasteiger partial charge in [-0.25, -0.2) is 0 Å². The predicted octanol–water partition coefficient (Wildman–Crippen LogP) is 3.04. The van der Waals surface area contributed by atoms with Crippen LogP contribution >= 0.6 is 0 Å². The van der Waals surface area contributed by atoms with Gasteiger partial charge < -0.3 is 0 Å². The summed E-state index contributed by atoms with van der Waals surface area (Å²) in [6.07, 6.45) is 3.14. The van der Waals surface area contributed by atoms with E-state index in [-0.39, 0.29) is 5.41 Å². The van der Waals surface area contributed by atoms with Gasteiger partial charge in [0.05, 0.1) is 0 Å². The van der Waals surface area contributed by atoms with E-state index in [1.165, 1.54) is 6.42 Å². The molecule has 0 heterocycles. The molecule has 1 rings (SSSR count). The van der Waals surface area contributed by atoms with Crippen LogP contribution in [-0.4, -0.2) is 5.78 Å². The summed E-state index contributed by atoms with van der Waals surface area (Å²) in [5.41, 5.74) is 0.178. The molecule has 0 aliphatic heterocycles. The van der Waals surface area contributed by atoms with Gasteiger partial charge in [-0.1, -0.05) is 27.7 Å². The summed E-state index contributed by atoms with van der Waals surface area (Å²) in [4.78, 5) is 11.7. The average Bonchev–Trinajstić information content (AvgIpc) is 1.83. The van der Waals surface area contributed by atoms with Crippen molar-refractivity contribution in [2.24, 2.45) is 17.3 Å². The highest BCUT2D eigenvalue weighted by Crippen LogP contribution is 2.37. The van der Waals surface area contributed by atoms with Gasteiger partial charge in [0.25, 0.3) is 0 Å². The number of ketones is 1. The fourth-order valence-corrected chi connectivity index (χ4v) is 2.12. The smallest absolute Gasteiger partial charge is 0.136 e. The van der Waals surface area contributed by atoms with Gasteiger partial charge in [0.2, 0.25) is 0 Å². The van der Waals surface area contributed by atoms with Gasteiger partial charge in [-0.2, -0.15) is 0 Å². The average molecular weight is 168 g/mol. The Kier molecular flexibility index (Phi) is 2.60. The van der Waals surface area contributed by atoms with Crippen molar-refractivity contribution in [1.29, 1.82) is 0 Å². The van der Waals surface area contributed by atoms with Crippen LogP contribution in [0.5, 0.6) is 0 Å². The van der Waals surface area contributed by atoms with E-state index in [0.29, 0.717) is 17.6 Å². The Hall–Kier alpha value is -0.330. The first-order chi connectivity index (χ1) is 5.41. The third-order valence-corrected chi connectivity index (χ3v) is 2.93. The normalized spacial score (nSPS) is 32.2. The summed E-state index contributed by atoms with van der Waals surface area (Å²) in [7, 11) is 0. The largest absolute Gasteiger partial charge is 0.299 e. The number of carbonyl (C=O) groups is 1. The fraction of sp³-hybridized carbons (Fsp3) is 0.909. The van der Waals surface area contributed by atoms with Crippen LogP contribution in [0.15, 0.2) is 0 Å². The van der Waals surface area contributed by atoms with Crippen LogP contribution in [0, 0.1) is 17.3 Å². The molecule has 0 aromatic rings. The highest BCUT2D eigenvalue weighted by molar-refractivity contribution is 5.82. The number of Topliss-reactive ketones (excluding diaryl/α,β-unsaturated/α-hetero) is 1. The van der Waals surface area contributed by atoms with E-state index in [0.717, 1.165) is 12.8 Å². The first kappa shape index (κ1) is 9.76. The summed E-state index contributed by atoms with van der Waals surface area (Å²) >= 11 is 0. The second kappa shape index (κ2) is 3.20. The van der Waals surface area contributed by atoms with Crippen molar-refractivity contribution in [3.05, 3.63) is 0 Å². The minimum Gasteiger partial charge on any atom is -0.299 e. The third kappa shape index (κ3) is 2.09. The van der Waals surface area contributed by atoms with Gasteiger partial charge in [0.15, 0.2) is 0 Å². The Morgan fingerprint density at radius 2 is 1.83 bits per heavy atom. The number of rotatable bonds is 0. The van der Waals surface area contributed by atoms with Crippen LogP contribution in [0.25, 0.3) is 0 Å². The lowest BCUT2D eigenvalue weighted by Gasteiger charge is -2.34. The quantitative estimate of drug-likeness (QED) is 0.543. The Morgan fingerprint density at radius 3 is 2.25 bits per heavy atom. The van der Waals surface area contributed by atoms with Gasteiger partial charge in [0, 0.05) is 12.3 Å². The molecule has 1 fully saturated rings. The van der Waals surface area contributed by atoms with Crippen molar-refractivity contribution in [2.45, 2.75) is 47.0 Å². The molecule has 0 radical (unpaired) electrons. The summed E-state index contributed by atoms with van der Waals surface area (Å²) in [5, 5.41) is 0. The van der Waals surface area contributed by atoms with Gasteiger partial charge in [-0.3, -0.25) is 4.79 Å². The molecule has 0 bridgehead atoms. The molecule has 1 heteroatoms. The van der Waals surface area contributed by atoms with E-state index >= 15 is 0 Å². The van der Waals surface area contributed by atoms with E-state index in [4.69, 9.17) is 0 Å². The molecule has 2 atom stereocenters. The third-order valence-electron chi connectivity index (χ3n) is 2.93. The van der Waals surface area contributed by atoms with Crippen LogP contribution in [0.4, 0.5) is 0 Å². The molecule has 0 saturated heterocycles. The molecule has 1 nitrogen and oxygen atoms in total. The Bertz CT molecular complexity index is 176. The Labute approximate surface area is 75.5 Å². The molecule has 2 unspecified atom stereocenters. The van der Waals surface area contributed by atoms with E-state index in [1.807, 2.05) is 0 Å². The topological polar surface area (TPSA) is 17.1 Å². The lowest BCUT2D eigenvalue weighted by atomic mass is 9.69. The van der Waals surface area contributed by atoms with Crippen molar-refractivity contribution in [2.75, 3.05) is 0 Å². The minimum absolute atomic E-state index is 0.178. The van der Waals surface area contributed by atoms with Crippen LogP contribution in [0.2, 0.25) is 0 Å². The molecule has 0 N–H and O–H groups in total. The van der Waals surface area contributed by atoms with Gasteiger partial charge in [0.1, 0.15) is 5.78 Å². The minimum atomic E-state index is 0.178. The maximum absolute atomic E-state index is 11.7. The first-order valence-corrected chi connectivity index (χ1v) is 4.94. The molecule has 1 saturated carbocycles. The van der Waals surface area contributed by atoms with Crippen LogP contribution in [0.1, 0.15) is 47.0 Å². The monoisotopic (exact) mass is 168 g/mol. The van der Waals surface area contributed by atoms with E-state index in [9.17, 15) is 4.79 Å². The van der Waals surface area contributed by atoms with Crippen molar-refractivity contribution in [3.63, 3.8) is 0 Å². The maximum atomic E-state index is 11.7. The molecule has 0 aromatic carbocycles. The fourth-order valence-electron chi connectivity index (χ4n) is 2.12. The van der Waals surface area contributed by atoms with E-state index < -0.39 is 0 Å². The highest BCUT2D eigenvalue weighted by Gasteiger charge is 2.34. The molecular formula is C11H20O. The predicted molar refractivity (Wildman–Crippen MR) is 51.0 cm³/mol. The molecule has 0 amide bonds. The van der Waals surface area contributed by atoms with Crippen molar-refractivity contribution in [1.82, 2.24) is 0 Å². The van der Waals surface area contributed by atoms with Crippen molar-refractivity contribution < 1.29 is 4.79 Å². The second-order valence-corrected chi connectivity index (χ2v) is 5.27. The second-order valence-electron chi connectivity index (χ2n) is 5.27. The molecular weight excluding hydrogens is 148 g/mol. The summed E-state index contributed by atoms with van der Waals surface area (Å²) in [6, 6.07) is 0. The SMILES string of the molecule is CC1CCC(C(C)(C)C)C(=O)C1. The molecule has 1 aliphatic rings. The zero-order valence-corrected chi connectivity index (χ0v) is 8.68. The number of hydrogen-bond donors (Lipinski definition) is 0. The molecule has 70 valence electrons. The van der Waals surface area contributed by atoms with Crippen LogP contribution < -0.4 is 0 Å². The number of carbonyl (C=O) groups excluding carboxylic acids is 1. The standard InChI is InChI=1S/C11H20O/c1-8-5-6-9(10(12)7-8)11(2,3)4/h8-9H,5-7H2,1-4H3. The Morgan fingerprint density at radius 1 is 1.25 bits per heavy atom. The van der Waals surface area contributed by atoms with Crippen molar-refractivity contribution in [3.8, 4) is 0 Å². The molecule has 0 aromatic heterocycles. The summed E-state index contributed by atoms with van der Waals surface area (Å²) < 4.78 is 0. The number of hydrogen-bond acceptors (Lipinski definition) is 1. The lowest BCUT2D eigenvalue weighted by molar-refractivity contribution is -0.129. The molecule has 0 spiro atoms. The van der Waals surface area contributed by atoms with E-state index in [2.05, 4.69) is 27.7 Å². The van der Waals surface area contributed by atoms with Gasteiger partial charge in [-0.05, 0) is 24.2 Å². The van der Waals surface area contributed by atoms with Gasteiger partial charge in [-0.15, -0.1) is 0 Å². The van der Waals surface area contributed by atoms with Crippen molar-refractivity contribution >= 4 is 5.78 Å². The lowest BCUT2D eigenvalue weighted by Crippen LogP contribution is -2.33. The molecule has 1 aliphatic carbocycles. The highest BCUT2D eigenvalue weighted by atomic mass is 16.1.